The molecule has 1 amide bonds. The Morgan fingerprint density at radius 1 is 1.60 bits per heavy atom. The van der Waals surface area contributed by atoms with Crippen LogP contribution >= 0.6 is 23.1 Å². The number of carbonyl (C=O) groups is 1. The fourth-order valence-corrected chi connectivity index (χ4v) is 4.09. The van der Waals surface area contributed by atoms with Crippen molar-refractivity contribution in [3.63, 3.8) is 0 Å². The number of thiophene rings is 1. The number of nitriles is 1. The smallest absolute Gasteiger partial charge is 0.241 e. The zero-order valence-corrected chi connectivity index (χ0v) is 12.4. The zero-order chi connectivity index (χ0) is 14.1. The van der Waals surface area contributed by atoms with Gasteiger partial charge in [-0.15, -0.1) is 11.3 Å². The van der Waals surface area contributed by atoms with Gasteiger partial charge >= 0.3 is 0 Å². The Morgan fingerprint density at radius 3 is 3.15 bits per heavy atom. The Hall–Kier alpha value is -1.78. The third-order valence-corrected chi connectivity index (χ3v) is 5.45. The van der Waals surface area contributed by atoms with Crippen molar-refractivity contribution in [1.29, 1.82) is 5.26 Å². The Bertz CT molecular complexity index is 685. The summed E-state index contributed by atoms with van der Waals surface area (Å²) in [5.41, 5.74) is 0.575. The maximum atomic E-state index is 12.5. The number of aryl methyl sites for hydroxylation is 1. The molecule has 1 unspecified atom stereocenters. The molecule has 0 spiro atoms. The molecule has 1 aliphatic heterocycles. The van der Waals surface area contributed by atoms with Gasteiger partial charge in [-0.3, -0.25) is 4.79 Å². The summed E-state index contributed by atoms with van der Waals surface area (Å²) in [7, 11) is 1.92. The second kappa shape index (κ2) is 5.31. The number of carbonyl (C=O) groups excluding carboxylic acids is 1. The molecule has 0 bridgehead atoms. The lowest BCUT2D eigenvalue weighted by Gasteiger charge is -2.14. The molecule has 5 nitrogen and oxygen atoms in total. The summed E-state index contributed by atoms with van der Waals surface area (Å²) in [4.78, 5) is 18.4. The highest BCUT2D eigenvalue weighted by atomic mass is 32.2. The number of rotatable bonds is 3. The minimum absolute atomic E-state index is 0.0666. The summed E-state index contributed by atoms with van der Waals surface area (Å²) in [6, 6.07) is 3.89. The summed E-state index contributed by atoms with van der Waals surface area (Å²) >= 11 is 2.93. The lowest BCUT2D eigenvalue weighted by molar-refractivity contribution is -0.116. The topological polar surface area (TPSA) is 61.9 Å². The van der Waals surface area contributed by atoms with Crippen molar-refractivity contribution >= 4 is 34.0 Å². The van der Waals surface area contributed by atoms with Gasteiger partial charge in [0, 0.05) is 26.0 Å². The van der Waals surface area contributed by atoms with Crippen LogP contribution in [0.4, 0.5) is 5.00 Å². The van der Waals surface area contributed by atoms with Crippen LogP contribution < -0.4 is 4.90 Å². The van der Waals surface area contributed by atoms with Crippen molar-refractivity contribution < 1.29 is 4.79 Å². The first-order valence-corrected chi connectivity index (χ1v) is 7.89. The van der Waals surface area contributed by atoms with Crippen molar-refractivity contribution in [2.75, 3.05) is 11.4 Å². The van der Waals surface area contributed by atoms with E-state index in [-0.39, 0.29) is 11.2 Å². The predicted octanol–water partition coefficient (Wildman–Crippen LogP) is 2.25. The third-order valence-electron chi connectivity index (χ3n) is 3.19. The zero-order valence-electron chi connectivity index (χ0n) is 10.8. The largest absolute Gasteiger partial charge is 0.329 e. The highest BCUT2D eigenvalue weighted by Gasteiger charge is 2.35. The van der Waals surface area contributed by atoms with Crippen molar-refractivity contribution in [3.05, 3.63) is 29.4 Å². The van der Waals surface area contributed by atoms with Gasteiger partial charge in [-0.05, 0) is 17.9 Å². The van der Waals surface area contributed by atoms with Gasteiger partial charge in [0.05, 0.1) is 10.8 Å². The first-order valence-electron chi connectivity index (χ1n) is 6.13. The standard InChI is InChI=1S/C13H12N4OS2/c1-16-6-4-15-13(16)20-10-2-5-17(11(10)18)12-9(8-14)3-7-19-12/h3-4,6-7,10H,2,5H2,1H3. The molecule has 3 rings (SSSR count). The second-order valence-electron chi connectivity index (χ2n) is 4.46. The maximum absolute atomic E-state index is 12.5. The van der Waals surface area contributed by atoms with Crippen LogP contribution in [0.15, 0.2) is 29.0 Å². The fraction of sp³-hybridized carbons (Fsp3) is 0.308. The molecule has 3 heterocycles. The van der Waals surface area contributed by atoms with E-state index in [0.29, 0.717) is 12.1 Å². The van der Waals surface area contributed by atoms with Crippen molar-refractivity contribution in [1.82, 2.24) is 9.55 Å². The number of thioether (sulfide) groups is 1. The van der Waals surface area contributed by atoms with Gasteiger partial charge in [-0.1, -0.05) is 11.8 Å². The van der Waals surface area contributed by atoms with Crippen LogP contribution in [0, 0.1) is 11.3 Å². The SMILES string of the molecule is Cn1ccnc1SC1CCN(c2sccc2C#N)C1=O. The molecular formula is C13H12N4OS2. The molecular weight excluding hydrogens is 292 g/mol. The van der Waals surface area contributed by atoms with Crippen LogP contribution in [0.25, 0.3) is 0 Å². The van der Waals surface area contributed by atoms with Crippen molar-refractivity contribution in [2.24, 2.45) is 7.05 Å². The normalized spacial score (nSPS) is 18.5. The van der Waals surface area contributed by atoms with E-state index < -0.39 is 0 Å². The molecule has 1 atom stereocenters. The molecule has 2 aromatic rings. The van der Waals surface area contributed by atoms with Crippen molar-refractivity contribution in [2.45, 2.75) is 16.8 Å². The highest BCUT2D eigenvalue weighted by molar-refractivity contribution is 8.00. The Balaban J connectivity index is 1.78. The molecule has 1 saturated heterocycles. The van der Waals surface area contributed by atoms with E-state index in [1.807, 2.05) is 23.2 Å². The summed E-state index contributed by atoms with van der Waals surface area (Å²) < 4.78 is 1.91. The van der Waals surface area contributed by atoms with Crippen LogP contribution in [0.5, 0.6) is 0 Å². The molecule has 0 aliphatic carbocycles. The van der Waals surface area contributed by atoms with Crippen LogP contribution in [0.1, 0.15) is 12.0 Å². The van der Waals surface area contributed by atoms with Gasteiger partial charge in [-0.2, -0.15) is 5.26 Å². The molecule has 7 heteroatoms. The number of hydrogen-bond donors (Lipinski definition) is 0. The van der Waals surface area contributed by atoms with E-state index in [2.05, 4.69) is 11.1 Å². The number of amides is 1. The Kier molecular flexibility index (Phi) is 3.51. The number of nitrogens with zero attached hydrogens (tertiary/aromatic N) is 4. The van der Waals surface area contributed by atoms with E-state index in [4.69, 9.17) is 5.26 Å². The Morgan fingerprint density at radius 2 is 2.45 bits per heavy atom. The third kappa shape index (κ3) is 2.21. The van der Waals surface area contributed by atoms with Crippen molar-refractivity contribution in [3.8, 4) is 6.07 Å². The summed E-state index contributed by atoms with van der Waals surface area (Å²) in [5.74, 6) is 0.0666. The van der Waals surface area contributed by atoms with Gasteiger partial charge in [0.2, 0.25) is 5.91 Å². The van der Waals surface area contributed by atoms with Gasteiger partial charge < -0.3 is 9.47 Å². The van der Waals surface area contributed by atoms with Crippen LogP contribution in [-0.2, 0) is 11.8 Å². The van der Waals surface area contributed by atoms with E-state index >= 15 is 0 Å². The van der Waals surface area contributed by atoms with Gasteiger partial charge in [0.15, 0.2) is 5.16 Å². The molecule has 102 valence electrons. The quantitative estimate of drug-likeness (QED) is 0.872. The number of anilines is 1. The van der Waals surface area contributed by atoms with Gasteiger partial charge in [0.1, 0.15) is 11.1 Å². The second-order valence-corrected chi connectivity index (χ2v) is 6.52. The van der Waals surface area contributed by atoms with E-state index in [9.17, 15) is 4.79 Å². The molecule has 0 N–H and O–H groups in total. The molecule has 1 fully saturated rings. The molecule has 0 saturated carbocycles. The fourth-order valence-electron chi connectivity index (χ4n) is 2.15. The predicted molar refractivity (Wildman–Crippen MR) is 78.9 cm³/mol. The van der Waals surface area contributed by atoms with Crippen LogP contribution in [0.2, 0.25) is 0 Å². The number of aromatic nitrogens is 2. The van der Waals surface area contributed by atoms with Crippen LogP contribution in [0.3, 0.4) is 0 Å². The van der Waals surface area contributed by atoms with Crippen LogP contribution in [-0.4, -0.2) is 27.3 Å². The number of imidazole rings is 1. The summed E-state index contributed by atoms with van der Waals surface area (Å²) in [6.07, 6.45) is 4.37. The van der Waals surface area contributed by atoms with E-state index in [1.165, 1.54) is 23.1 Å². The summed E-state index contributed by atoms with van der Waals surface area (Å²) in [6.45, 7) is 0.663. The minimum atomic E-state index is -0.121. The lowest BCUT2D eigenvalue weighted by Crippen LogP contribution is -2.27. The van der Waals surface area contributed by atoms with Gasteiger partial charge in [0.25, 0.3) is 0 Å². The lowest BCUT2D eigenvalue weighted by atomic mass is 10.3. The first kappa shape index (κ1) is 13.2. The molecule has 2 aromatic heterocycles. The monoisotopic (exact) mass is 304 g/mol. The highest BCUT2D eigenvalue weighted by Crippen LogP contribution is 2.35. The minimum Gasteiger partial charge on any atom is -0.329 e. The summed E-state index contributed by atoms with van der Waals surface area (Å²) in [5, 5.41) is 12.4. The maximum Gasteiger partial charge on any atom is 0.241 e. The van der Waals surface area contributed by atoms with Gasteiger partial charge in [-0.25, -0.2) is 4.98 Å². The van der Waals surface area contributed by atoms with E-state index in [0.717, 1.165) is 16.6 Å². The number of hydrogen-bond acceptors (Lipinski definition) is 5. The molecule has 0 radical (unpaired) electrons. The molecule has 0 aromatic carbocycles. The first-order chi connectivity index (χ1) is 9.70. The average Bonchev–Trinajstić information content (AvgIpc) is 3.13. The Labute approximate surface area is 124 Å². The molecule has 20 heavy (non-hydrogen) atoms. The molecule has 1 aliphatic rings. The average molecular weight is 304 g/mol. The van der Waals surface area contributed by atoms with E-state index in [1.54, 1.807) is 17.2 Å².